The maximum Gasteiger partial charge on any atom is 0.318 e. The van der Waals surface area contributed by atoms with Crippen LogP contribution in [0.15, 0.2) is 42.5 Å². The van der Waals surface area contributed by atoms with Gasteiger partial charge in [-0.25, -0.2) is 9.18 Å². The molecule has 2 atom stereocenters. The second-order valence-electron chi connectivity index (χ2n) is 8.49. The summed E-state index contributed by atoms with van der Waals surface area (Å²) in [4.78, 5) is 15.1. The number of carbonyl (C=O) groups excluding carboxylic acids is 1. The van der Waals surface area contributed by atoms with Crippen molar-refractivity contribution in [3.8, 4) is 0 Å². The number of urea groups is 1. The minimum absolute atomic E-state index is 0.185. The fourth-order valence-corrected chi connectivity index (χ4v) is 4.79. The van der Waals surface area contributed by atoms with Gasteiger partial charge >= 0.3 is 6.03 Å². The van der Waals surface area contributed by atoms with Crippen molar-refractivity contribution in [3.63, 3.8) is 0 Å². The van der Waals surface area contributed by atoms with Crippen molar-refractivity contribution in [2.45, 2.75) is 45.0 Å². The maximum atomic E-state index is 14.2. The standard InChI is InChI=1S/C24H25ClFN5O2/c1-15-28-29-23(31(15)12-16-7-9-17(25)10-8-16)22-6-3-11-30(22)24(32)27-21-14-33-13-19-18(21)4-2-5-20(19)26/h2,4-5,7-10,21-22H,3,6,11-14H2,1H3,(H,27,32)/t21?,22-/m1/s1. The third-order valence-corrected chi connectivity index (χ3v) is 6.64. The summed E-state index contributed by atoms with van der Waals surface area (Å²) in [6.45, 7) is 3.66. The number of nitrogens with zero attached hydrogens (tertiary/aromatic N) is 4. The lowest BCUT2D eigenvalue weighted by Gasteiger charge is -2.31. The normalized spacial score (nSPS) is 20.0. The van der Waals surface area contributed by atoms with E-state index in [4.69, 9.17) is 16.3 Å². The molecule has 172 valence electrons. The number of likely N-dealkylation sites (tertiary alicyclic amines) is 1. The zero-order chi connectivity index (χ0) is 22.9. The largest absolute Gasteiger partial charge is 0.374 e. The molecule has 1 N–H and O–H groups in total. The van der Waals surface area contributed by atoms with E-state index in [9.17, 15) is 9.18 Å². The number of amides is 2. The number of benzene rings is 2. The van der Waals surface area contributed by atoms with Gasteiger partial charge in [-0.2, -0.15) is 0 Å². The highest BCUT2D eigenvalue weighted by Crippen LogP contribution is 2.33. The Morgan fingerprint density at radius 3 is 2.88 bits per heavy atom. The number of carbonyl (C=O) groups is 1. The number of nitrogens with one attached hydrogen (secondary N) is 1. The average molecular weight is 470 g/mol. The van der Waals surface area contributed by atoms with Gasteiger partial charge in [0.1, 0.15) is 11.6 Å². The number of hydrogen-bond donors (Lipinski definition) is 1. The molecular formula is C24H25ClFN5O2. The molecule has 0 aliphatic carbocycles. The van der Waals surface area contributed by atoms with E-state index in [-0.39, 0.29) is 24.5 Å². The van der Waals surface area contributed by atoms with Crippen LogP contribution >= 0.6 is 11.6 Å². The van der Waals surface area contributed by atoms with Gasteiger partial charge in [-0.3, -0.25) is 0 Å². The molecule has 2 aliphatic heterocycles. The van der Waals surface area contributed by atoms with Crippen LogP contribution in [-0.4, -0.2) is 38.8 Å². The van der Waals surface area contributed by atoms with Gasteiger partial charge in [0.2, 0.25) is 0 Å². The predicted molar refractivity (Wildman–Crippen MR) is 121 cm³/mol. The fourth-order valence-electron chi connectivity index (χ4n) is 4.66. The van der Waals surface area contributed by atoms with Gasteiger partial charge in [0.15, 0.2) is 5.82 Å². The molecule has 33 heavy (non-hydrogen) atoms. The van der Waals surface area contributed by atoms with E-state index in [0.717, 1.165) is 35.6 Å². The maximum absolute atomic E-state index is 14.2. The Kier molecular flexibility index (Phi) is 6.03. The molecular weight excluding hydrogens is 445 g/mol. The van der Waals surface area contributed by atoms with Crippen molar-refractivity contribution < 1.29 is 13.9 Å². The van der Waals surface area contributed by atoms with E-state index < -0.39 is 6.04 Å². The lowest BCUT2D eigenvalue weighted by Crippen LogP contribution is -2.44. The van der Waals surface area contributed by atoms with Gasteiger partial charge in [-0.1, -0.05) is 35.9 Å². The quantitative estimate of drug-likeness (QED) is 0.608. The van der Waals surface area contributed by atoms with Gasteiger partial charge < -0.3 is 19.5 Å². The topological polar surface area (TPSA) is 72.3 Å². The first kappa shape index (κ1) is 21.9. The van der Waals surface area contributed by atoms with Crippen molar-refractivity contribution in [1.29, 1.82) is 0 Å². The van der Waals surface area contributed by atoms with Gasteiger partial charge in [0.05, 0.1) is 31.8 Å². The first-order chi connectivity index (χ1) is 16.0. The van der Waals surface area contributed by atoms with Crippen molar-refractivity contribution >= 4 is 17.6 Å². The van der Waals surface area contributed by atoms with Crippen LogP contribution in [0, 0.1) is 12.7 Å². The Bertz CT molecular complexity index is 1170. The number of rotatable bonds is 4. The fraction of sp³-hybridized carbons (Fsp3) is 0.375. The Morgan fingerprint density at radius 2 is 2.06 bits per heavy atom. The van der Waals surface area contributed by atoms with Crippen LogP contribution in [0.2, 0.25) is 5.02 Å². The Morgan fingerprint density at radius 1 is 1.24 bits per heavy atom. The van der Waals surface area contributed by atoms with Crippen molar-refractivity contribution in [1.82, 2.24) is 25.0 Å². The van der Waals surface area contributed by atoms with Crippen LogP contribution < -0.4 is 5.32 Å². The first-order valence-corrected chi connectivity index (χ1v) is 11.5. The monoisotopic (exact) mass is 469 g/mol. The van der Waals surface area contributed by atoms with Gasteiger partial charge in [0, 0.05) is 17.1 Å². The summed E-state index contributed by atoms with van der Waals surface area (Å²) >= 11 is 6.02. The summed E-state index contributed by atoms with van der Waals surface area (Å²) in [6, 6.07) is 11.8. The molecule has 9 heteroatoms. The molecule has 5 rings (SSSR count). The number of aryl methyl sites for hydroxylation is 1. The van der Waals surface area contributed by atoms with Gasteiger partial charge in [-0.15, -0.1) is 10.2 Å². The first-order valence-electron chi connectivity index (χ1n) is 11.1. The van der Waals surface area contributed by atoms with E-state index in [1.54, 1.807) is 11.0 Å². The Balaban J connectivity index is 1.36. The lowest BCUT2D eigenvalue weighted by atomic mass is 9.98. The summed E-state index contributed by atoms with van der Waals surface area (Å²) in [5.74, 6) is 1.25. The van der Waals surface area contributed by atoms with E-state index in [0.29, 0.717) is 30.3 Å². The van der Waals surface area contributed by atoms with E-state index in [2.05, 4.69) is 15.5 Å². The van der Waals surface area contributed by atoms with E-state index in [1.807, 2.05) is 41.8 Å². The molecule has 7 nitrogen and oxygen atoms in total. The molecule has 2 aliphatic rings. The van der Waals surface area contributed by atoms with Gasteiger partial charge in [0.25, 0.3) is 0 Å². The predicted octanol–water partition coefficient (Wildman–Crippen LogP) is 4.55. The van der Waals surface area contributed by atoms with Crippen LogP contribution in [0.25, 0.3) is 0 Å². The van der Waals surface area contributed by atoms with Crippen molar-refractivity contribution in [3.05, 3.63) is 81.6 Å². The van der Waals surface area contributed by atoms with Gasteiger partial charge in [-0.05, 0) is 49.1 Å². The minimum atomic E-state index is -0.396. The summed E-state index contributed by atoms with van der Waals surface area (Å²) in [6.07, 6.45) is 1.68. The number of fused-ring (bicyclic) bond motifs is 1. The molecule has 0 radical (unpaired) electrons. The van der Waals surface area contributed by atoms with Crippen LogP contribution in [0.4, 0.5) is 9.18 Å². The van der Waals surface area contributed by atoms with E-state index >= 15 is 0 Å². The molecule has 1 unspecified atom stereocenters. The summed E-state index contributed by atoms with van der Waals surface area (Å²) in [5, 5.41) is 12.5. The molecule has 3 aromatic rings. The zero-order valence-electron chi connectivity index (χ0n) is 18.3. The highest BCUT2D eigenvalue weighted by molar-refractivity contribution is 6.30. The molecule has 2 aromatic carbocycles. The number of ether oxygens (including phenoxy) is 1. The summed E-state index contributed by atoms with van der Waals surface area (Å²) < 4.78 is 21.8. The molecule has 2 amide bonds. The highest BCUT2D eigenvalue weighted by Gasteiger charge is 2.35. The van der Waals surface area contributed by atoms with Crippen molar-refractivity contribution in [2.24, 2.45) is 0 Å². The SMILES string of the molecule is Cc1nnc([C@H]2CCCN2C(=O)NC2COCc3c(F)cccc32)n1Cc1ccc(Cl)cc1. The zero-order valence-corrected chi connectivity index (χ0v) is 19.1. The Labute approximate surface area is 196 Å². The molecule has 0 saturated carbocycles. The Hall–Kier alpha value is -2.97. The average Bonchev–Trinajstić information content (AvgIpc) is 3.43. The van der Waals surface area contributed by atoms with Crippen LogP contribution in [0.1, 0.15) is 53.3 Å². The second-order valence-corrected chi connectivity index (χ2v) is 8.93. The molecule has 1 fully saturated rings. The third-order valence-electron chi connectivity index (χ3n) is 6.39. The van der Waals surface area contributed by atoms with Crippen LogP contribution in [0.5, 0.6) is 0 Å². The highest BCUT2D eigenvalue weighted by atomic mass is 35.5. The molecule has 3 heterocycles. The minimum Gasteiger partial charge on any atom is -0.374 e. The molecule has 1 saturated heterocycles. The molecule has 0 bridgehead atoms. The van der Waals surface area contributed by atoms with Crippen molar-refractivity contribution in [2.75, 3.05) is 13.2 Å². The van der Waals surface area contributed by atoms with Crippen LogP contribution in [0.3, 0.4) is 0 Å². The summed E-state index contributed by atoms with van der Waals surface area (Å²) in [7, 11) is 0. The summed E-state index contributed by atoms with van der Waals surface area (Å²) in [5.41, 5.74) is 2.35. The van der Waals surface area contributed by atoms with Crippen LogP contribution in [-0.2, 0) is 17.9 Å². The third kappa shape index (κ3) is 4.32. The molecule has 1 aromatic heterocycles. The van der Waals surface area contributed by atoms with E-state index in [1.165, 1.54) is 6.07 Å². The second kappa shape index (κ2) is 9.11. The number of hydrogen-bond acceptors (Lipinski definition) is 4. The number of halogens is 2. The number of aromatic nitrogens is 3. The molecule has 0 spiro atoms. The lowest BCUT2D eigenvalue weighted by molar-refractivity contribution is 0.0788. The smallest absolute Gasteiger partial charge is 0.318 e.